The Hall–Kier alpha value is -0.860. The van der Waals surface area contributed by atoms with Crippen LogP contribution in [0.1, 0.15) is 34.6 Å². The second kappa shape index (κ2) is 3.70. The number of ketones is 1. The molecule has 0 bridgehead atoms. The first-order valence-electron chi connectivity index (χ1n) is 4.06. The molecule has 0 rings (SSSR count). The van der Waals surface area contributed by atoms with E-state index in [2.05, 4.69) is 5.32 Å². The van der Waals surface area contributed by atoms with Crippen molar-refractivity contribution in [3.8, 4) is 0 Å². The van der Waals surface area contributed by atoms with Crippen molar-refractivity contribution in [3.63, 3.8) is 0 Å². The van der Waals surface area contributed by atoms with Gasteiger partial charge in [-0.05, 0) is 12.3 Å². The molecule has 0 saturated heterocycles. The molecule has 1 N–H and O–H groups in total. The van der Waals surface area contributed by atoms with Crippen LogP contribution in [0.2, 0.25) is 0 Å². The third-order valence-electron chi connectivity index (χ3n) is 1.97. The molecule has 0 radical (unpaired) electrons. The first-order chi connectivity index (χ1) is 5.25. The Morgan fingerprint density at radius 2 is 1.67 bits per heavy atom. The van der Waals surface area contributed by atoms with Crippen molar-refractivity contribution >= 4 is 11.7 Å². The summed E-state index contributed by atoms with van der Waals surface area (Å²) in [6.45, 7) is 9.19. The number of amides is 1. The zero-order valence-electron chi connectivity index (χ0n) is 8.39. The van der Waals surface area contributed by atoms with Gasteiger partial charge in [-0.2, -0.15) is 0 Å². The molecule has 12 heavy (non-hydrogen) atoms. The number of Topliss-reactive ketones (excluding diaryl/α,β-unsaturated/α-hetero) is 1. The molecule has 1 amide bonds. The lowest BCUT2D eigenvalue weighted by atomic mass is 9.88. The maximum absolute atomic E-state index is 10.9. The monoisotopic (exact) mass is 171 g/mol. The van der Waals surface area contributed by atoms with Crippen LogP contribution >= 0.6 is 0 Å². The zero-order chi connectivity index (χ0) is 9.94. The maximum Gasteiger partial charge on any atom is 0.287 e. The Balaban J connectivity index is 4.11. The highest BCUT2D eigenvalue weighted by atomic mass is 16.2. The molecule has 0 aromatic heterocycles. The van der Waals surface area contributed by atoms with E-state index in [1.807, 2.05) is 27.7 Å². The Morgan fingerprint density at radius 1 is 1.25 bits per heavy atom. The zero-order valence-corrected chi connectivity index (χ0v) is 8.39. The van der Waals surface area contributed by atoms with Crippen LogP contribution < -0.4 is 5.32 Å². The van der Waals surface area contributed by atoms with Crippen LogP contribution in [0, 0.1) is 5.41 Å². The molecule has 0 aliphatic rings. The molecule has 3 heteroatoms. The first-order valence-corrected chi connectivity index (χ1v) is 4.06. The second-order valence-corrected chi connectivity index (χ2v) is 4.12. The Morgan fingerprint density at radius 3 is 1.92 bits per heavy atom. The molecule has 3 nitrogen and oxygen atoms in total. The first kappa shape index (κ1) is 11.1. The van der Waals surface area contributed by atoms with Crippen LogP contribution in [0.15, 0.2) is 0 Å². The van der Waals surface area contributed by atoms with Gasteiger partial charge in [-0.15, -0.1) is 0 Å². The second-order valence-electron chi connectivity index (χ2n) is 4.12. The molecule has 0 aromatic carbocycles. The van der Waals surface area contributed by atoms with Gasteiger partial charge in [-0.1, -0.05) is 20.8 Å². The highest BCUT2D eigenvalue weighted by molar-refractivity contribution is 6.35. The van der Waals surface area contributed by atoms with E-state index in [1.54, 1.807) is 0 Å². The molecule has 0 aliphatic heterocycles. The minimum Gasteiger partial charge on any atom is -0.347 e. The van der Waals surface area contributed by atoms with Gasteiger partial charge in [0.1, 0.15) is 0 Å². The molecule has 1 atom stereocenters. The van der Waals surface area contributed by atoms with Gasteiger partial charge in [0.15, 0.2) is 0 Å². The lowest BCUT2D eigenvalue weighted by molar-refractivity contribution is -0.137. The van der Waals surface area contributed by atoms with Gasteiger partial charge in [0.05, 0.1) is 0 Å². The van der Waals surface area contributed by atoms with E-state index in [0.717, 1.165) is 0 Å². The number of carbonyl (C=O) groups is 2. The van der Waals surface area contributed by atoms with E-state index in [-0.39, 0.29) is 11.5 Å². The molecule has 0 spiro atoms. The van der Waals surface area contributed by atoms with Gasteiger partial charge >= 0.3 is 0 Å². The number of nitrogens with one attached hydrogen (secondary N) is 1. The lowest BCUT2D eigenvalue weighted by Gasteiger charge is -2.27. The van der Waals surface area contributed by atoms with Gasteiger partial charge in [-0.3, -0.25) is 9.59 Å². The molecule has 1 unspecified atom stereocenters. The van der Waals surface area contributed by atoms with E-state index >= 15 is 0 Å². The van der Waals surface area contributed by atoms with Crippen LogP contribution in [0.5, 0.6) is 0 Å². The van der Waals surface area contributed by atoms with E-state index in [1.165, 1.54) is 6.92 Å². The number of hydrogen-bond acceptors (Lipinski definition) is 2. The van der Waals surface area contributed by atoms with Gasteiger partial charge in [-0.25, -0.2) is 0 Å². The largest absolute Gasteiger partial charge is 0.347 e. The van der Waals surface area contributed by atoms with Gasteiger partial charge in [0.25, 0.3) is 5.91 Å². The van der Waals surface area contributed by atoms with Crippen molar-refractivity contribution in [2.24, 2.45) is 5.41 Å². The summed E-state index contributed by atoms with van der Waals surface area (Å²) < 4.78 is 0. The summed E-state index contributed by atoms with van der Waals surface area (Å²) in [5.41, 5.74) is -0.00882. The standard InChI is InChI=1S/C9H17NO2/c1-6(11)8(12)10-7(2)9(3,4)5/h7H,1-5H3,(H,10,12). The fraction of sp³-hybridized carbons (Fsp3) is 0.778. The van der Waals surface area contributed by atoms with Crippen molar-refractivity contribution in [3.05, 3.63) is 0 Å². The summed E-state index contributed by atoms with van der Waals surface area (Å²) in [6, 6.07) is 0.00824. The fourth-order valence-electron chi connectivity index (χ4n) is 0.515. The predicted molar refractivity (Wildman–Crippen MR) is 47.7 cm³/mol. The molecule has 0 saturated carbocycles. The fourth-order valence-corrected chi connectivity index (χ4v) is 0.515. The Bertz CT molecular complexity index is 191. The summed E-state index contributed by atoms with van der Waals surface area (Å²) in [5.74, 6) is -0.941. The third kappa shape index (κ3) is 3.51. The van der Waals surface area contributed by atoms with Gasteiger partial charge in [0.2, 0.25) is 5.78 Å². The highest BCUT2D eigenvalue weighted by Gasteiger charge is 2.22. The smallest absolute Gasteiger partial charge is 0.287 e. The summed E-state index contributed by atoms with van der Waals surface area (Å²) in [7, 11) is 0. The summed E-state index contributed by atoms with van der Waals surface area (Å²) in [4.78, 5) is 21.5. The van der Waals surface area contributed by atoms with Crippen molar-refractivity contribution in [2.45, 2.75) is 40.7 Å². The molecule has 0 heterocycles. The van der Waals surface area contributed by atoms with E-state index in [4.69, 9.17) is 0 Å². The minimum atomic E-state index is -0.502. The van der Waals surface area contributed by atoms with E-state index in [0.29, 0.717) is 0 Å². The van der Waals surface area contributed by atoms with E-state index in [9.17, 15) is 9.59 Å². The summed E-state index contributed by atoms with van der Waals surface area (Å²) in [6.07, 6.45) is 0. The Kier molecular flexibility index (Phi) is 3.43. The van der Waals surface area contributed by atoms with Crippen LogP contribution in [0.4, 0.5) is 0 Å². The molecule has 0 aromatic rings. The molecule has 0 fully saturated rings. The molecule has 0 aliphatic carbocycles. The molecular weight excluding hydrogens is 154 g/mol. The third-order valence-corrected chi connectivity index (χ3v) is 1.97. The van der Waals surface area contributed by atoms with Crippen LogP contribution in [0.25, 0.3) is 0 Å². The Labute approximate surface area is 73.5 Å². The average Bonchev–Trinajstić information content (AvgIpc) is 1.85. The quantitative estimate of drug-likeness (QED) is 0.633. The van der Waals surface area contributed by atoms with Crippen LogP contribution in [0.3, 0.4) is 0 Å². The molecular formula is C9H17NO2. The maximum atomic E-state index is 10.9. The van der Waals surface area contributed by atoms with Gasteiger partial charge in [0, 0.05) is 13.0 Å². The predicted octanol–water partition coefficient (Wildman–Crippen LogP) is 1.13. The summed E-state index contributed by atoms with van der Waals surface area (Å²) >= 11 is 0. The van der Waals surface area contributed by atoms with Crippen LogP contribution in [-0.2, 0) is 9.59 Å². The van der Waals surface area contributed by atoms with Gasteiger partial charge < -0.3 is 5.32 Å². The van der Waals surface area contributed by atoms with Crippen LogP contribution in [-0.4, -0.2) is 17.7 Å². The van der Waals surface area contributed by atoms with Crippen molar-refractivity contribution in [1.82, 2.24) is 5.32 Å². The number of hydrogen-bond donors (Lipinski definition) is 1. The lowest BCUT2D eigenvalue weighted by Crippen LogP contribution is -2.43. The SMILES string of the molecule is CC(=O)C(=O)NC(C)C(C)(C)C. The van der Waals surface area contributed by atoms with Crippen molar-refractivity contribution in [2.75, 3.05) is 0 Å². The molecule has 70 valence electrons. The number of rotatable bonds is 2. The summed E-state index contributed by atoms with van der Waals surface area (Å²) in [5, 5.41) is 2.63. The normalized spacial score (nSPS) is 13.8. The minimum absolute atomic E-state index is 0.00824. The van der Waals surface area contributed by atoms with E-state index < -0.39 is 11.7 Å². The van der Waals surface area contributed by atoms with Crippen molar-refractivity contribution < 1.29 is 9.59 Å². The average molecular weight is 171 g/mol. The van der Waals surface area contributed by atoms with Crippen molar-refractivity contribution in [1.29, 1.82) is 0 Å². The topological polar surface area (TPSA) is 46.2 Å². The number of carbonyl (C=O) groups excluding carboxylic acids is 2. The highest BCUT2D eigenvalue weighted by Crippen LogP contribution is 2.18.